The van der Waals surface area contributed by atoms with Gasteiger partial charge in [-0.2, -0.15) is 0 Å². The van der Waals surface area contributed by atoms with Gasteiger partial charge < -0.3 is 9.88 Å². The highest BCUT2D eigenvalue weighted by Gasteiger charge is 2.19. The Bertz CT molecular complexity index is 855. The first-order valence-corrected chi connectivity index (χ1v) is 10.7. The van der Waals surface area contributed by atoms with Crippen molar-refractivity contribution in [2.45, 2.75) is 38.5 Å². The van der Waals surface area contributed by atoms with Crippen LogP contribution in [-0.4, -0.2) is 29.5 Å². The third-order valence-corrected chi connectivity index (χ3v) is 6.01. The summed E-state index contributed by atoms with van der Waals surface area (Å²) in [5.74, 6) is 0.819. The largest absolute Gasteiger partial charge is 0.358 e. The maximum Gasteiger partial charge on any atom is 0.0457 e. The molecule has 3 aromatic rings. The van der Waals surface area contributed by atoms with E-state index in [4.69, 9.17) is 11.6 Å². The number of aryl methyl sites for hydroxylation is 1. The first-order chi connectivity index (χ1) is 13.3. The van der Waals surface area contributed by atoms with Crippen molar-refractivity contribution in [3.63, 3.8) is 0 Å². The van der Waals surface area contributed by atoms with Gasteiger partial charge in [0.05, 0.1) is 0 Å². The zero-order valence-electron chi connectivity index (χ0n) is 16.0. The Morgan fingerprint density at radius 3 is 2.81 bits per heavy atom. The number of unbranched alkanes of at least 4 members (excludes halogenated alkanes) is 1. The summed E-state index contributed by atoms with van der Waals surface area (Å²) >= 11 is 6.08. The number of aromatic nitrogens is 1. The maximum atomic E-state index is 6.08. The van der Waals surface area contributed by atoms with E-state index in [0.29, 0.717) is 0 Å². The van der Waals surface area contributed by atoms with Crippen molar-refractivity contribution >= 4 is 22.5 Å². The number of rotatable bonds is 7. The van der Waals surface area contributed by atoms with Gasteiger partial charge >= 0.3 is 0 Å². The molecule has 0 spiro atoms. The fourth-order valence-electron chi connectivity index (χ4n) is 4.42. The molecule has 1 fully saturated rings. The van der Waals surface area contributed by atoms with Crippen LogP contribution in [0.3, 0.4) is 0 Å². The summed E-state index contributed by atoms with van der Waals surface area (Å²) in [4.78, 5) is 6.21. The van der Waals surface area contributed by atoms with Crippen LogP contribution in [0.5, 0.6) is 0 Å². The van der Waals surface area contributed by atoms with E-state index in [0.717, 1.165) is 17.4 Å². The summed E-state index contributed by atoms with van der Waals surface area (Å²) < 4.78 is 0. The first-order valence-electron chi connectivity index (χ1n) is 10.3. The average molecular weight is 381 g/mol. The lowest BCUT2D eigenvalue weighted by Crippen LogP contribution is -2.36. The smallest absolute Gasteiger partial charge is 0.0457 e. The number of nitrogens with one attached hydrogen (secondary N) is 1. The molecular formula is C24H29ClN2. The number of piperidine rings is 1. The minimum atomic E-state index is 0.809. The summed E-state index contributed by atoms with van der Waals surface area (Å²) in [5.41, 5.74) is 4.00. The van der Waals surface area contributed by atoms with E-state index >= 15 is 0 Å². The van der Waals surface area contributed by atoms with Crippen molar-refractivity contribution in [3.8, 4) is 0 Å². The molecule has 1 aromatic heterocycles. The normalized spacial score (nSPS) is 18.2. The fraction of sp³-hybridized carbons (Fsp3) is 0.417. The van der Waals surface area contributed by atoms with Gasteiger partial charge in [0, 0.05) is 28.2 Å². The summed E-state index contributed by atoms with van der Waals surface area (Å²) in [5, 5.41) is 2.03. The molecule has 0 radical (unpaired) electrons. The van der Waals surface area contributed by atoms with Gasteiger partial charge in [0.25, 0.3) is 0 Å². The van der Waals surface area contributed by atoms with E-state index in [2.05, 4.69) is 52.3 Å². The molecule has 0 aliphatic carbocycles. The van der Waals surface area contributed by atoms with Crippen molar-refractivity contribution in [2.75, 3.05) is 19.6 Å². The van der Waals surface area contributed by atoms with Crippen LogP contribution in [-0.2, 0) is 12.8 Å². The van der Waals surface area contributed by atoms with E-state index in [-0.39, 0.29) is 0 Å². The van der Waals surface area contributed by atoms with Gasteiger partial charge in [-0.05, 0) is 87.4 Å². The van der Waals surface area contributed by atoms with Gasteiger partial charge in [0.15, 0.2) is 0 Å². The number of nitrogens with zero attached hydrogens (tertiary/aromatic N) is 1. The number of hydrogen-bond acceptors (Lipinski definition) is 1. The summed E-state index contributed by atoms with van der Waals surface area (Å²) in [6.45, 7) is 3.77. The number of hydrogen-bond donors (Lipinski definition) is 1. The summed E-state index contributed by atoms with van der Waals surface area (Å²) in [6, 6.07) is 19.3. The monoisotopic (exact) mass is 380 g/mol. The van der Waals surface area contributed by atoms with Crippen molar-refractivity contribution in [2.24, 2.45) is 5.92 Å². The molecule has 1 unspecified atom stereocenters. The predicted octanol–water partition coefficient (Wildman–Crippen LogP) is 6.10. The Hall–Kier alpha value is -1.77. The molecule has 0 saturated carbocycles. The lowest BCUT2D eigenvalue weighted by molar-refractivity contribution is 0.171. The van der Waals surface area contributed by atoms with Crippen LogP contribution in [0.15, 0.2) is 54.6 Å². The lowest BCUT2D eigenvalue weighted by atomic mass is 9.91. The first kappa shape index (κ1) is 18.6. The van der Waals surface area contributed by atoms with Gasteiger partial charge in [-0.15, -0.1) is 0 Å². The third kappa shape index (κ3) is 5.15. The van der Waals surface area contributed by atoms with Gasteiger partial charge in [0.2, 0.25) is 0 Å². The maximum absolute atomic E-state index is 6.08. The Kier molecular flexibility index (Phi) is 6.16. The molecule has 1 aliphatic heterocycles. The van der Waals surface area contributed by atoms with Crippen LogP contribution in [0.2, 0.25) is 5.02 Å². The highest BCUT2D eigenvalue weighted by atomic mass is 35.5. The second kappa shape index (κ2) is 8.95. The van der Waals surface area contributed by atoms with E-state index in [9.17, 15) is 0 Å². The standard InChI is InChI=1S/C24H29ClN2/c25-22-11-12-24-21(16-22)17-23(26-24)10-4-5-13-27-14-6-9-20(18-27)15-19-7-2-1-3-8-19/h1-3,7-8,11-12,16-17,20,26H,4-6,9-10,13-15,18H2. The number of fused-ring (bicyclic) bond motifs is 1. The van der Waals surface area contributed by atoms with Crippen molar-refractivity contribution < 1.29 is 0 Å². The molecule has 2 heterocycles. The highest BCUT2D eigenvalue weighted by molar-refractivity contribution is 6.31. The van der Waals surface area contributed by atoms with Crippen LogP contribution in [0.1, 0.15) is 36.9 Å². The van der Waals surface area contributed by atoms with Crippen LogP contribution in [0.4, 0.5) is 0 Å². The lowest BCUT2D eigenvalue weighted by Gasteiger charge is -2.32. The Morgan fingerprint density at radius 1 is 1.04 bits per heavy atom. The third-order valence-electron chi connectivity index (χ3n) is 5.78. The number of halogens is 1. The summed E-state index contributed by atoms with van der Waals surface area (Å²) in [6.07, 6.45) is 7.58. The molecule has 1 aliphatic rings. The van der Waals surface area contributed by atoms with Crippen LogP contribution in [0, 0.1) is 5.92 Å². The Morgan fingerprint density at radius 2 is 1.93 bits per heavy atom. The van der Waals surface area contributed by atoms with Gasteiger partial charge in [-0.1, -0.05) is 41.9 Å². The minimum absolute atomic E-state index is 0.809. The topological polar surface area (TPSA) is 19.0 Å². The quantitative estimate of drug-likeness (QED) is 0.491. The van der Waals surface area contributed by atoms with Crippen molar-refractivity contribution in [3.05, 3.63) is 70.9 Å². The zero-order valence-corrected chi connectivity index (χ0v) is 16.7. The van der Waals surface area contributed by atoms with E-state index in [1.807, 2.05) is 12.1 Å². The number of likely N-dealkylation sites (tertiary alicyclic amines) is 1. The van der Waals surface area contributed by atoms with Crippen LogP contribution in [0.25, 0.3) is 10.9 Å². The number of benzene rings is 2. The molecule has 4 rings (SSSR count). The molecule has 1 atom stereocenters. The van der Waals surface area contributed by atoms with Gasteiger partial charge in [0.1, 0.15) is 0 Å². The minimum Gasteiger partial charge on any atom is -0.358 e. The molecule has 2 aromatic carbocycles. The average Bonchev–Trinajstić information content (AvgIpc) is 3.08. The SMILES string of the molecule is Clc1ccc2[nH]c(CCCCN3CCCC(Cc4ccccc4)C3)cc2c1. The van der Waals surface area contributed by atoms with Gasteiger partial charge in [-0.3, -0.25) is 0 Å². The van der Waals surface area contributed by atoms with E-state index in [1.165, 1.54) is 73.9 Å². The van der Waals surface area contributed by atoms with Crippen LogP contribution >= 0.6 is 11.6 Å². The Balaban J connectivity index is 1.21. The zero-order chi connectivity index (χ0) is 18.5. The number of aromatic amines is 1. The molecule has 3 heteroatoms. The number of H-pyrrole nitrogens is 1. The fourth-order valence-corrected chi connectivity index (χ4v) is 4.60. The van der Waals surface area contributed by atoms with Crippen LogP contribution < -0.4 is 0 Å². The summed E-state index contributed by atoms with van der Waals surface area (Å²) in [7, 11) is 0. The van der Waals surface area contributed by atoms with E-state index in [1.54, 1.807) is 0 Å². The molecule has 0 amide bonds. The highest BCUT2D eigenvalue weighted by Crippen LogP contribution is 2.23. The van der Waals surface area contributed by atoms with E-state index < -0.39 is 0 Å². The second-order valence-corrected chi connectivity index (χ2v) is 8.42. The molecule has 1 saturated heterocycles. The molecule has 142 valence electrons. The van der Waals surface area contributed by atoms with Crippen molar-refractivity contribution in [1.82, 2.24) is 9.88 Å². The molecule has 2 nitrogen and oxygen atoms in total. The van der Waals surface area contributed by atoms with Gasteiger partial charge in [-0.25, -0.2) is 0 Å². The van der Waals surface area contributed by atoms with Crippen molar-refractivity contribution in [1.29, 1.82) is 0 Å². The molecule has 1 N–H and O–H groups in total. The molecule has 0 bridgehead atoms. The Labute approximate surface area is 167 Å². The second-order valence-electron chi connectivity index (χ2n) is 7.98. The predicted molar refractivity (Wildman–Crippen MR) is 116 cm³/mol. The molecule has 27 heavy (non-hydrogen) atoms. The molecular weight excluding hydrogens is 352 g/mol.